The van der Waals surface area contributed by atoms with E-state index in [9.17, 15) is 14.0 Å². The molecule has 1 unspecified atom stereocenters. The van der Waals surface area contributed by atoms with Gasteiger partial charge in [0.25, 0.3) is 0 Å². The Morgan fingerprint density at radius 2 is 2.00 bits per heavy atom. The number of hydrogen-bond acceptors (Lipinski definition) is 5. The van der Waals surface area contributed by atoms with Gasteiger partial charge in [-0.15, -0.1) is 0 Å². The third-order valence-corrected chi connectivity index (χ3v) is 3.81. The maximum atomic E-state index is 12.9. The predicted molar refractivity (Wildman–Crippen MR) is 89.0 cm³/mol. The summed E-state index contributed by atoms with van der Waals surface area (Å²) in [7, 11) is 2.96. The highest BCUT2D eigenvalue weighted by atomic mass is 19.1. The van der Waals surface area contributed by atoms with Crippen molar-refractivity contribution in [3.8, 4) is 11.3 Å². The average Bonchev–Trinajstić information content (AvgIpc) is 3.08. The quantitative estimate of drug-likeness (QED) is 0.719. The van der Waals surface area contributed by atoms with Crippen LogP contribution in [0.1, 0.15) is 19.2 Å². The van der Waals surface area contributed by atoms with E-state index in [0.29, 0.717) is 18.1 Å². The summed E-state index contributed by atoms with van der Waals surface area (Å²) in [5.41, 5.74) is 0.718. The highest BCUT2D eigenvalue weighted by Gasteiger charge is 2.19. The number of rotatable bonds is 7. The Kier molecular flexibility index (Phi) is 6.27. The van der Waals surface area contributed by atoms with E-state index in [4.69, 9.17) is 4.42 Å². The van der Waals surface area contributed by atoms with Crippen molar-refractivity contribution in [3.05, 3.63) is 42.2 Å². The van der Waals surface area contributed by atoms with Gasteiger partial charge in [-0.3, -0.25) is 9.59 Å². The molecule has 0 fully saturated rings. The maximum absolute atomic E-state index is 12.9. The lowest BCUT2D eigenvalue weighted by Gasteiger charge is -2.20. The number of carbonyl (C=O) groups excluding carboxylic acids is 2. The molecule has 1 atom stereocenters. The van der Waals surface area contributed by atoms with Crippen molar-refractivity contribution in [2.45, 2.75) is 19.8 Å². The van der Waals surface area contributed by atoms with Crippen molar-refractivity contribution in [1.29, 1.82) is 0 Å². The van der Waals surface area contributed by atoms with E-state index in [0.717, 1.165) is 5.56 Å². The van der Waals surface area contributed by atoms with Crippen LogP contribution in [-0.4, -0.2) is 42.5 Å². The topological polar surface area (TPSA) is 72.6 Å². The summed E-state index contributed by atoms with van der Waals surface area (Å²) >= 11 is 0. The van der Waals surface area contributed by atoms with Crippen molar-refractivity contribution in [2.24, 2.45) is 5.92 Å². The van der Waals surface area contributed by atoms with E-state index >= 15 is 0 Å². The molecule has 0 saturated heterocycles. The van der Waals surface area contributed by atoms with Gasteiger partial charge in [-0.2, -0.15) is 0 Å². The molecule has 134 valence electrons. The van der Waals surface area contributed by atoms with Crippen LogP contribution in [0.2, 0.25) is 0 Å². The van der Waals surface area contributed by atoms with Crippen LogP contribution in [0.3, 0.4) is 0 Å². The van der Waals surface area contributed by atoms with Gasteiger partial charge in [-0.25, -0.2) is 9.37 Å². The van der Waals surface area contributed by atoms with Gasteiger partial charge in [0.2, 0.25) is 5.91 Å². The molecule has 1 amide bonds. The van der Waals surface area contributed by atoms with Crippen molar-refractivity contribution in [2.75, 3.05) is 20.7 Å². The Hall–Kier alpha value is -2.70. The van der Waals surface area contributed by atoms with E-state index in [1.165, 1.54) is 24.1 Å². The van der Waals surface area contributed by atoms with E-state index in [1.54, 1.807) is 32.3 Å². The Bertz CT molecular complexity index is 727. The van der Waals surface area contributed by atoms with Gasteiger partial charge in [0, 0.05) is 32.0 Å². The van der Waals surface area contributed by atoms with Crippen LogP contribution in [0.15, 0.2) is 34.9 Å². The van der Waals surface area contributed by atoms with Crippen molar-refractivity contribution in [1.82, 2.24) is 9.88 Å². The summed E-state index contributed by atoms with van der Waals surface area (Å²) in [6.07, 6.45) is 2.11. The molecule has 2 aromatic rings. The Labute approximate surface area is 145 Å². The smallest absolute Gasteiger partial charge is 0.310 e. The second kappa shape index (κ2) is 8.41. The van der Waals surface area contributed by atoms with Crippen LogP contribution in [0, 0.1) is 11.7 Å². The first-order chi connectivity index (χ1) is 11.9. The Morgan fingerprint density at radius 1 is 1.32 bits per heavy atom. The molecule has 0 bridgehead atoms. The number of ether oxygens (including phenoxy) is 1. The fraction of sp³-hybridized carbons (Fsp3) is 0.389. The van der Waals surface area contributed by atoms with Gasteiger partial charge in [0.05, 0.1) is 19.2 Å². The average molecular weight is 348 g/mol. The summed E-state index contributed by atoms with van der Waals surface area (Å²) in [5, 5.41) is 0. The molecule has 25 heavy (non-hydrogen) atoms. The first kappa shape index (κ1) is 18.6. The molecule has 0 aliphatic carbocycles. The minimum atomic E-state index is -0.384. The lowest BCUT2D eigenvalue weighted by molar-refractivity contribution is -0.146. The van der Waals surface area contributed by atoms with E-state index in [2.05, 4.69) is 9.72 Å². The molecule has 0 spiro atoms. The maximum Gasteiger partial charge on any atom is 0.310 e. The number of nitrogens with zero attached hydrogens (tertiary/aromatic N) is 2. The van der Waals surface area contributed by atoms with Gasteiger partial charge in [0.1, 0.15) is 5.82 Å². The molecule has 1 heterocycles. The number of oxazole rings is 1. The second-order valence-corrected chi connectivity index (χ2v) is 5.82. The van der Waals surface area contributed by atoms with Crippen molar-refractivity contribution < 1.29 is 23.1 Å². The highest BCUT2D eigenvalue weighted by molar-refractivity contribution is 5.77. The summed E-state index contributed by atoms with van der Waals surface area (Å²) in [4.78, 5) is 29.2. The minimum absolute atomic E-state index is 0.114. The van der Waals surface area contributed by atoms with Gasteiger partial charge < -0.3 is 14.1 Å². The molecule has 0 radical (unpaired) electrons. The zero-order chi connectivity index (χ0) is 18.4. The molecule has 0 aliphatic rings. The van der Waals surface area contributed by atoms with E-state index in [-0.39, 0.29) is 36.6 Å². The number of halogens is 1. The van der Waals surface area contributed by atoms with Crippen LogP contribution < -0.4 is 0 Å². The number of aromatic nitrogens is 1. The number of methoxy groups -OCH3 is 1. The zero-order valence-electron chi connectivity index (χ0n) is 14.5. The lowest BCUT2D eigenvalue weighted by Crippen LogP contribution is -2.34. The van der Waals surface area contributed by atoms with Gasteiger partial charge >= 0.3 is 5.97 Å². The van der Waals surface area contributed by atoms with E-state index in [1.807, 2.05) is 0 Å². The Balaban J connectivity index is 1.88. The van der Waals surface area contributed by atoms with Crippen LogP contribution in [0.4, 0.5) is 4.39 Å². The first-order valence-corrected chi connectivity index (χ1v) is 7.93. The molecule has 6 nitrogen and oxygen atoms in total. The summed E-state index contributed by atoms with van der Waals surface area (Å²) < 4.78 is 23.2. The SMILES string of the molecule is COC(=O)C(C)CN(C)C(=O)CCc1ncc(-c2ccc(F)cc2)o1. The molecule has 7 heteroatoms. The normalized spacial score (nSPS) is 11.8. The summed E-state index contributed by atoms with van der Waals surface area (Å²) in [5.74, 6) is -0.213. The minimum Gasteiger partial charge on any atom is -0.469 e. The molecule has 0 aliphatic heterocycles. The van der Waals surface area contributed by atoms with Crippen LogP contribution in [-0.2, 0) is 20.7 Å². The Morgan fingerprint density at radius 3 is 2.64 bits per heavy atom. The first-order valence-electron chi connectivity index (χ1n) is 7.93. The molecule has 1 aromatic carbocycles. The molecule has 0 N–H and O–H groups in total. The fourth-order valence-electron chi connectivity index (χ4n) is 2.37. The number of hydrogen-bond donors (Lipinski definition) is 0. The standard InChI is InChI=1S/C18H21FN2O4/c1-12(18(23)24-3)11-21(2)17(22)9-8-16-20-10-15(25-16)13-4-6-14(19)7-5-13/h4-7,10,12H,8-9,11H2,1-3H3. The third-order valence-electron chi connectivity index (χ3n) is 3.81. The van der Waals surface area contributed by atoms with Crippen LogP contribution >= 0.6 is 0 Å². The molecule has 2 rings (SSSR count). The molecular formula is C18H21FN2O4. The number of amides is 1. The van der Waals surface area contributed by atoms with Gasteiger partial charge in [-0.05, 0) is 24.3 Å². The fourth-order valence-corrected chi connectivity index (χ4v) is 2.37. The summed E-state index contributed by atoms with van der Waals surface area (Å²) in [6.45, 7) is 2.00. The van der Waals surface area contributed by atoms with Crippen LogP contribution in [0.25, 0.3) is 11.3 Å². The number of carbonyl (C=O) groups is 2. The highest BCUT2D eigenvalue weighted by Crippen LogP contribution is 2.21. The lowest BCUT2D eigenvalue weighted by atomic mass is 10.1. The number of esters is 1. The monoisotopic (exact) mass is 348 g/mol. The number of aryl methyl sites for hydroxylation is 1. The molecule has 1 aromatic heterocycles. The zero-order valence-corrected chi connectivity index (χ0v) is 14.5. The van der Waals surface area contributed by atoms with E-state index < -0.39 is 0 Å². The van der Waals surface area contributed by atoms with Crippen molar-refractivity contribution >= 4 is 11.9 Å². The number of benzene rings is 1. The third kappa shape index (κ3) is 5.14. The second-order valence-electron chi connectivity index (χ2n) is 5.82. The largest absolute Gasteiger partial charge is 0.469 e. The van der Waals surface area contributed by atoms with Gasteiger partial charge in [-0.1, -0.05) is 6.92 Å². The van der Waals surface area contributed by atoms with Gasteiger partial charge in [0.15, 0.2) is 11.7 Å². The summed E-state index contributed by atoms with van der Waals surface area (Å²) in [6, 6.07) is 5.90. The van der Waals surface area contributed by atoms with Crippen molar-refractivity contribution in [3.63, 3.8) is 0 Å². The van der Waals surface area contributed by atoms with Crippen LogP contribution in [0.5, 0.6) is 0 Å². The molecular weight excluding hydrogens is 327 g/mol. The predicted octanol–water partition coefficient (Wildman–Crippen LogP) is 2.68. The molecule has 0 saturated carbocycles.